The topological polar surface area (TPSA) is 29.4 Å². The number of aliphatic imine (C=N–C) groups is 1. The zero-order chi connectivity index (χ0) is 10.7. The Balaban J connectivity index is 3.18. The van der Waals surface area contributed by atoms with E-state index in [9.17, 15) is 4.79 Å². The largest absolute Gasteiger partial charge is 0.240 e. The molecule has 0 aliphatic heterocycles. The molecule has 0 N–H and O–H groups in total. The van der Waals surface area contributed by atoms with Crippen LogP contribution in [0.5, 0.6) is 0 Å². The fourth-order valence-electron chi connectivity index (χ4n) is 1.25. The number of thiophene rings is 1. The van der Waals surface area contributed by atoms with Crippen molar-refractivity contribution in [2.24, 2.45) is 4.99 Å². The first kappa shape index (κ1) is 11.2. The van der Waals surface area contributed by atoms with Crippen LogP contribution in [0.3, 0.4) is 0 Å². The lowest BCUT2D eigenvalue weighted by Gasteiger charge is -2.01. The Hall–Kier alpha value is -0.920. The van der Waals surface area contributed by atoms with Crippen molar-refractivity contribution < 1.29 is 4.79 Å². The van der Waals surface area contributed by atoms with Crippen molar-refractivity contribution in [1.29, 1.82) is 0 Å². The smallest absolute Gasteiger partial charge is 0.211 e. The summed E-state index contributed by atoms with van der Waals surface area (Å²) in [5.41, 5.74) is 0.795. The van der Waals surface area contributed by atoms with Crippen molar-refractivity contribution in [1.82, 2.24) is 0 Å². The predicted octanol–water partition coefficient (Wildman–Crippen LogP) is 3.96. The highest BCUT2D eigenvalue weighted by Gasteiger charge is 2.13. The molecule has 1 aromatic heterocycles. The lowest BCUT2D eigenvalue weighted by Crippen LogP contribution is -1.80. The fourth-order valence-corrected chi connectivity index (χ4v) is 2.35. The van der Waals surface area contributed by atoms with E-state index in [2.05, 4.69) is 32.7 Å². The van der Waals surface area contributed by atoms with Gasteiger partial charge in [0, 0.05) is 9.75 Å². The Kier molecular flexibility index (Phi) is 3.62. The van der Waals surface area contributed by atoms with Gasteiger partial charge in [-0.1, -0.05) is 27.7 Å². The second-order valence-electron chi connectivity index (χ2n) is 3.91. The second kappa shape index (κ2) is 4.54. The maximum Gasteiger partial charge on any atom is 0.240 e. The third-order valence-corrected chi connectivity index (χ3v) is 3.74. The van der Waals surface area contributed by atoms with Crippen LogP contribution in [0.1, 0.15) is 49.3 Å². The Morgan fingerprint density at radius 3 is 2.36 bits per heavy atom. The van der Waals surface area contributed by atoms with Gasteiger partial charge in [0.15, 0.2) is 0 Å². The molecular formula is C11H15NOS. The molecule has 1 heterocycles. The molecule has 3 heteroatoms. The van der Waals surface area contributed by atoms with Crippen molar-refractivity contribution in [3.63, 3.8) is 0 Å². The van der Waals surface area contributed by atoms with E-state index in [1.165, 1.54) is 9.75 Å². The summed E-state index contributed by atoms with van der Waals surface area (Å²) in [5, 5.41) is 0. The molecule has 0 radical (unpaired) electrons. The summed E-state index contributed by atoms with van der Waals surface area (Å²) in [5.74, 6) is 0.910. The Labute approximate surface area is 88.7 Å². The van der Waals surface area contributed by atoms with E-state index in [0.717, 1.165) is 5.69 Å². The lowest BCUT2D eigenvalue weighted by molar-refractivity contribution is 0.565. The number of hydrogen-bond donors (Lipinski definition) is 0. The molecule has 76 valence electrons. The van der Waals surface area contributed by atoms with Gasteiger partial charge in [-0.05, 0) is 17.9 Å². The number of hydrogen-bond acceptors (Lipinski definition) is 3. The molecule has 0 saturated heterocycles. The van der Waals surface area contributed by atoms with Gasteiger partial charge in [0.2, 0.25) is 6.08 Å². The molecule has 0 aliphatic rings. The van der Waals surface area contributed by atoms with E-state index < -0.39 is 0 Å². The van der Waals surface area contributed by atoms with Gasteiger partial charge in [-0.25, -0.2) is 4.79 Å². The Morgan fingerprint density at radius 2 is 1.93 bits per heavy atom. The minimum atomic E-state index is 0.416. The summed E-state index contributed by atoms with van der Waals surface area (Å²) in [6, 6.07) is 2.00. The van der Waals surface area contributed by atoms with Crippen LogP contribution in [0.2, 0.25) is 0 Å². The molecule has 0 fully saturated rings. The first-order valence-electron chi connectivity index (χ1n) is 4.77. The summed E-state index contributed by atoms with van der Waals surface area (Å²) < 4.78 is 0. The number of isocyanates is 1. The molecule has 0 saturated carbocycles. The van der Waals surface area contributed by atoms with Gasteiger partial charge in [0.25, 0.3) is 0 Å². The van der Waals surface area contributed by atoms with Gasteiger partial charge >= 0.3 is 0 Å². The Bertz CT molecular complexity index is 359. The Morgan fingerprint density at radius 1 is 1.29 bits per heavy atom. The third kappa shape index (κ3) is 2.31. The van der Waals surface area contributed by atoms with Gasteiger partial charge in [0.05, 0.1) is 5.69 Å². The van der Waals surface area contributed by atoms with Crippen LogP contribution in [0.25, 0.3) is 0 Å². The molecule has 0 atom stereocenters. The molecule has 0 aromatic carbocycles. The van der Waals surface area contributed by atoms with E-state index in [-0.39, 0.29) is 0 Å². The summed E-state index contributed by atoms with van der Waals surface area (Å²) in [7, 11) is 0. The highest BCUT2D eigenvalue weighted by atomic mass is 32.1. The highest BCUT2D eigenvalue weighted by molar-refractivity contribution is 7.12. The van der Waals surface area contributed by atoms with Crippen molar-refractivity contribution >= 4 is 23.1 Å². The number of rotatable bonds is 3. The molecule has 14 heavy (non-hydrogen) atoms. The first-order valence-corrected chi connectivity index (χ1v) is 5.59. The summed E-state index contributed by atoms with van der Waals surface area (Å²) in [6.45, 7) is 8.51. The van der Waals surface area contributed by atoms with Crippen LogP contribution in [0.15, 0.2) is 11.1 Å². The minimum absolute atomic E-state index is 0.416. The molecule has 0 amide bonds. The van der Waals surface area contributed by atoms with Crippen LogP contribution in [-0.2, 0) is 4.79 Å². The van der Waals surface area contributed by atoms with E-state index in [0.29, 0.717) is 11.8 Å². The summed E-state index contributed by atoms with van der Waals surface area (Å²) in [4.78, 5) is 16.4. The van der Waals surface area contributed by atoms with Crippen LogP contribution in [0, 0.1) is 0 Å². The molecule has 0 spiro atoms. The SMILES string of the molecule is CC(C)c1cc(N=C=O)c(C(C)C)s1. The molecule has 0 unspecified atom stereocenters. The zero-order valence-corrected chi connectivity index (χ0v) is 9.81. The number of nitrogens with zero attached hydrogens (tertiary/aromatic N) is 1. The highest BCUT2D eigenvalue weighted by Crippen LogP contribution is 2.38. The molecule has 2 nitrogen and oxygen atoms in total. The summed E-state index contributed by atoms with van der Waals surface area (Å²) in [6.07, 6.45) is 1.61. The van der Waals surface area contributed by atoms with Crippen molar-refractivity contribution in [2.75, 3.05) is 0 Å². The second-order valence-corrected chi connectivity index (χ2v) is 5.03. The normalized spacial score (nSPS) is 10.7. The molecule has 0 aliphatic carbocycles. The summed E-state index contributed by atoms with van der Waals surface area (Å²) >= 11 is 1.74. The standard InChI is InChI=1S/C11H15NOS/c1-7(2)10-5-9(12-6-13)11(14-10)8(3)4/h5,7-8H,1-4H3. The van der Waals surface area contributed by atoms with Crippen molar-refractivity contribution in [3.8, 4) is 0 Å². The van der Waals surface area contributed by atoms with E-state index >= 15 is 0 Å². The predicted molar refractivity (Wildman–Crippen MR) is 60.3 cm³/mol. The zero-order valence-electron chi connectivity index (χ0n) is 9.00. The van der Waals surface area contributed by atoms with E-state index in [1.54, 1.807) is 17.4 Å². The quantitative estimate of drug-likeness (QED) is 0.547. The van der Waals surface area contributed by atoms with Crippen LogP contribution in [0.4, 0.5) is 5.69 Å². The monoisotopic (exact) mass is 209 g/mol. The molecule has 0 bridgehead atoms. The maximum atomic E-state index is 10.2. The van der Waals surface area contributed by atoms with E-state index in [1.807, 2.05) is 6.07 Å². The average Bonchev–Trinajstić information content (AvgIpc) is 2.49. The molecular weight excluding hydrogens is 194 g/mol. The van der Waals surface area contributed by atoms with Crippen molar-refractivity contribution in [3.05, 3.63) is 15.8 Å². The van der Waals surface area contributed by atoms with Gasteiger partial charge in [0.1, 0.15) is 0 Å². The van der Waals surface area contributed by atoms with Gasteiger partial charge in [-0.2, -0.15) is 4.99 Å². The van der Waals surface area contributed by atoms with Crippen LogP contribution in [-0.4, -0.2) is 6.08 Å². The third-order valence-electron chi connectivity index (χ3n) is 2.02. The van der Waals surface area contributed by atoms with Crippen LogP contribution >= 0.6 is 11.3 Å². The van der Waals surface area contributed by atoms with Crippen molar-refractivity contribution in [2.45, 2.75) is 39.5 Å². The lowest BCUT2D eigenvalue weighted by atomic mass is 10.1. The van der Waals surface area contributed by atoms with Gasteiger partial charge in [-0.3, -0.25) is 0 Å². The van der Waals surface area contributed by atoms with Crippen LogP contribution < -0.4 is 0 Å². The molecule has 1 aromatic rings. The first-order chi connectivity index (χ1) is 6.56. The minimum Gasteiger partial charge on any atom is -0.211 e. The van der Waals surface area contributed by atoms with Gasteiger partial charge < -0.3 is 0 Å². The van der Waals surface area contributed by atoms with E-state index in [4.69, 9.17) is 0 Å². The molecule has 1 rings (SSSR count). The fraction of sp³-hybridized carbons (Fsp3) is 0.545. The van der Waals surface area contributed by atoms with Gasteiger partial charge in [-0.15, -0.1) is 11.3 Å². The average molecular weight is 209 g/mol. The maximum absolute atomic E-state index is 10.2. The number of carbonyl (C=O) groups excluding carboxylic acids is 1.